The molecular formula is C51H38N2. The van der Waals surface area contributed by atoms with Crippen LogP contribution in [-0.4, -0.2) is 4.57 Å². The first kappa shape index (κ1) is 31.1. The van der Waals surface area contributed by atoms with Crippen LogP contribution in [0.15, 0.2) is 194 Å². The van der Waals surface area contributed by atoms with Crippen molar-refractivity contribution in [2.45, 2.75) is 19.3 Å². The van der Waals surface area contributed by atoms with E-state index in [4.69, 9.17) is 0 Å². The Kier molecular flexibility index (Phi) is 7.19. The van der Waals surface area contributed by atoms with Crippen LogP contribution in [-0.2, 0) is 5.41 Å². The van der Waals surface area contributed by atoms with Crippen LogP contribution in [0.5, 0.6) is 0 Å². The van der Waals surface area contributed by atoms with E-state index in [0.717, 1.165) is 17.1 Å². The molecule has 1 heterocycles. The van der Waals surface area contributed by atoms with Gasteiger partial charge in [0.15, 0.2) is 0 Å². The van der Waals surface area contributed by atoms with E-state index in [1.807, 2.05) is 0 Å². The number of rotatable bonds is 6. The monoisotopic (exact) mass is 678 g/mol. The van der Waals surface area contributed by atoms with Crippen molar-refractivity contribution >= 4 is 38.9 Å². The Balaban J connectivity index is 1.04. The fourth-order valence-electron chi connectivity index (χ4n) is 8.62. The van der Waals surface area contributed by atoms with E-state index in [-0.39, 0.29) is 5.41 Å². The first-order valence-electron chi connectivity index (χ1n) is 18.4. The van der Waals surface area contributed by atoms with E-state index in [2.05, 4.69) is 217 Å². The van der Waals surface area contributed by atoms with Gasteiger partial charge in [0, 0.05) is 38.8 Å². The molecule has 2 heteroatoms. The third-order valence-corrected chi connectivity index (χ3v) is 11.2. The van der Waals surface area contributed by atoms with Crippen molar-refractivity contribution in [3.8, 4) is 39.1 Å². The zero-order chi connectivity index (χ0) is 35.5. The standard InChI is InChI=1S/C51H38N2/c1-51(2)46-23-10-6-20-42(46)43-32-31-40(34-47(43)51)52(38-17-4-3-5-18-38)39-29-27-35(28-30-39)36-15-14-16-37(33-36)41-19-7-11-24-48(41)53-49-25-12-8-21-44(49)45-22-9-13-26-50(45)53/h3-34H,1-2H3. The second-order valence-corrected chi connectivity index (χ2v) is 14.6. The number of nitrogens with zero attached hydrogens (tertiary/aromatic N) is 2. The van der Waals surface area contributed by atoms with E-state index < -0.39 is 0 Å². The first-order valence-corrected chi connectivity index (χ1v) is 18.4. The lowest BCUT2D eigenvalue weighted by atomic mass is 9.82. The van der Waals surface area contributed by atoms with E-state index >= 15 is 0 Å². The lowest BCUT2D eigenvalue weighted by Gasteiger charge is -2.28. The molecule has 0 N–H and O–H groups in total. The van der Waals surface area contributed by atoms with Crippen molar-refractivity contribution in [3.05, 3.63) is 205 Å². The van der Waals surface area contributed by atoms with Crippen molar-refractivity contribution in [1.82, 2.24) is 4.57 Å². The highest BCUT2D eigenvalue weighted by Gasteiger charge is 2.35. The van der Waals surface area contributed by atoms with Gasteiger partial charge < -0.3 is 9.47 Å². The Labute approximate surface area is 310 Å². The van der Waals surface area contributed by atoms with Gasteiger partial charge in [-0.15, -0.1) is 0 Å². The summed E-state index contributed by atoms with van der Waals surface area (Å²) >= 11 is 0. The van der Waals surface area contributed by atoms with Crippen LogP contribution in [0, 0.1) is 0 Å². The van der Waals surface area contributed by atoms with Crippen LogP contribution in [0.25, 0.3) is 60.9 Å². The van der Waals surface area contributed by atoms with E-state index in [9.17, 15) is 0 Å². The maximum absolute atomic E-state index is 2.42. The molecule has 0 unspecified atom stereocenters. The summed E-state index contributed by atoms with van der Waals surface area (Å²) in [7, 11) is 0. The Morgan fingerprint density at radius 1 is 0.377 bits per heavy atom. The molecule has 10 rings (SSSR count). The Hall–Kier alpha value is -6.64. The molecule has 53 heavy (non-hydrogen) atoms. The minimum absolute atomic E-state index is 0.0701. The van der Waals surface area contributed by atoms with E-state index in [1.54, 1.807) is 0 Å². The predicted octanol–water partition coefficient (Wildman–Crippen LogP) is 13.9. The van der Waals surface area contributed by atoms with E-state index in [1.165, 1.54) is 72.0 Å². The SMILES string of the molecule is CC1(C)c2ccccc2-c2ccc(N(c3ccccc3)c3ccc(-c4cccc(-c5ccccc5-n5c6ccccc6c6ccccc65)c4)cc3)cc21. The molecule has 0 saturated heterocycles. The smallest absolute Gasteiger partial charge is 0.0541 e. The topological polar surface area (TPSA) is 8.17 Å². The van der Waals surface area contributed by atoms with Crippen LogP contribution in [0.1, 0.15) is 25.0 Å². The second-order valence-electron chi connectivity index (χ2n) is 14.6. The Morgan fingerprint density at radius 3 is 1.70 bits per heavy atom. The molecule has 252 valence electrons. The van der Waals surface area contributed by atoms with Crippen molar-refractivity contribution < 1.29 is 0 Å². The van der Waals surface area contributed by atoms with Gasteiger partial charge in [-0.3, -0.25) is 0 Å². The van der Waals surface area contributed by atoms with Crippen LogP contribution >= 0.6 is 0 Å². The molecule has 0 atom stereocenters. The molecule has 0 amide bonds. The van der Waals surface area contributed by atoms with Gasteiger partial charge in [-0.25, -0.2) is 0 Å². The Bertz CT molecular complexity index is 2750. The number of hydrogen-bond acceptors (Lipinski definition) is 1. The minimum atomic E-state index is -0.0701. The highest BCUT2D eigenvalue weighted by atomic mass is 15.1. The lowest BCUT2D eigenvalue weighted by molar-refractivity contribution is 0.660. The number of aromatic nitrogens is 1. The number of benzene rings is 8. The normalized spacial score (nSPS) is 12.9. The molecule has 1 aliphatic rings. The van der Waals surface area contributed by atoms with Crippen molar-refractivity contribution in [2.75, 3.05) is 4.90 Å². The summed E-state index contributed by atoms with van der Waals surface area (Å²) in [5, 5.41) is 2.54. The lowest BCUT2D eigenvalue weighted by Crippen LogP contribution is -2.16. The van der Waals surface area contributed by atoms with Crippen LogP contribution in [0.4, 0.5) is 17.1 Å². The molecule has 9 aromatic rings. The largest absolute Gasteiger partial charge is 0.310 e. The van der Waals surface area contributed by atoms with Gasteiger partial charge in [0.2, 0.25) is 0 Å². The van der Waals surface area contributed by atoms with Gasteiger partial charge in [0.1, 0.15) is 0 Å². The van der Waals surface area contributed by atoms with Gasteiger partial charge in [0.05, 0.1) is 16.7 Å². The number of anilines is 3. The molecule has 0 spiro atoms. The zero-order valence-corrected chi connectivity index (χ0v) is 29.9. The third-order valence-electron chi connectivity index (χ3n) is 11.2. The highest BCUT2D eigenvalue weighted by molar-refractivity contribution is 6.09. The molecule has 0 radical (unpaired) electrons. The average molecular weight is 679 g/mol. The van der Waals surface area contributed by atoms with Crippen LogP contribution < -0.4 is 4.90 Å². The molecule has 2 nitrogen and oxygen atoms in total. The van der Waals surface area contributed by atoms with Crippen molar-refractivity contribution in [3.63, 3.8) is 0 Å². The number of para-hydroxylation sites is 4. The van der Waals surface area contributed by atoms with Gasteiger partial charge in [-0.2, -0.15) is 0 Å². The molecule has 0 aliphatic heterocycles. The summed E-state index contributed by atoms with van der Waals surface area (Å²) in [5.74, 6) is 0. The molecule has 0 fully saturated rings. The van der Waals surface area contributed by atoms with Gasteiger partial charge in [-0.1, -0.05) is 147 Å². The minimum Gasteiger partial charge on any atom is -0.310 e. The summed E-state index contributed by atoms with van der Waals surface area (Å²) in [6, 6.07) is 70.7. The first-order chi connectivity index (χ1) is 26.1. The maximum Gasteiger partial charge on any atom is 0.0541 e. The summed E-state index contributed by atoms with van der Waals surface area (Å²) in [4.78, 5) is 2.38. The molecule has 0 saturated carbocycles. The van der Waals surface area contributed by atoms with E-state index in [0.29, 0.717) is 0 Å². The predicted molar refractivity (Wildman–Crippen MR) is 224 cm³/mol. The molecule has 1 aromatic heterocycles. The van der Waals surface area contributed by atoms with Crippen LogP contribution in [0.3, 0.4) is 0 Å². The maximum atomic E-state index is 2.42. The molecule has 0 bridgehead atoms. The van der Waals surface area contributed by atoms with Gasteiger partial charge in [0.25, 0.3) is 0 Å². The van der Waals surface area contributed by atoms with Crippen LogP contribution in [0.2, 0.25) is 0 Å². The van der Waals surface area contributed by atoms with Gasteiger partial charge >= 0.3 is 0 Å². The quantitative estimate of drug-likeness (QED) is 0.170. The summed E-state index contributed by atoms with van der Waals surface area (Å²) in [6.07, 6.45) is 0. The summed E-state index contributed by atoms with van der Waals surface area (Å²) in [5.41, 5.74) is 17.2. The summed E-state index contributed by atoms with van der Waals surface area (Å²) < 4.78 is 2.42. The Morgan fingerprint density at radius 2 is 0.943 bits per heavy atom. The third kappa shape index (κ3) is 5.02. The summed E-state index contributed by atoms with van der Waals surface area (Å²) in [6.45, 7) is 4.69. The fraction of sp³-hybridized carbons (Fsp3) is 0.0588. The molecular weight excluding hydrogens is 641 g/mol. The van der Waals surface area contributed by atoms with Crippen molar-refractivity contribution in [2.24, 2.45) is 0 Å². The number of hydrogen-bond donors (Lipinski definition) is 0. The number of fused-ring (bicyclic) bond motifs is 6. The molecule has 1 aliphatic carbocycles. The highest BCUT2D eigenvalue weighted by Crippen LogP contribution is 2.50. The van der Waals surface area contributed by atoms with Gasteiger partial charge in [-0.05, 0) is 99.6 Å². The average Bonchev–Trinajstić information content (AvgIpc) is 3.67. The fourth-order valence-corrected chi connectivity index (χ4v) is 8.62. The molecule has 8 aromatic carbocycles. The second kappa shape index (κ2) is 12.3. The van der Waals surface area contributed by atoms with Crippen molar-refractivity contribution in [1.29, 1.82) is 0 Å². The zero-order valence-electron chi connectivity index (χ0n) is 29.9.